The molecule has 14 nitrogen and oxygen atoms in total. The number of carbonyl (C=O) groups is 4. The van der Waals surface area contributed by atoms with Gasteiger partial charge in [-0.2, -0.15) is 13.2 Å². The predicted molar refractivity (Wildman–Crippen MR) is 210 cm³/mol. The van der Waals surface area contributed by atoms with Gasteiger partial charge in [0.25, 0.3) is 5.91 Å². The van der Waals surface area contributed by atoms with E-state index in [1.165, 1.54) is 39.3 Å². The fourth-order valence-corrected chi connectivity index (χ4v) is 9.28. The van der Waals surface area contributed by atoms with Crippen LogP contribution in [0.5, 0.6) is 11.5 Å². The Hall–Kier alpha value is -4.65. The number of hydrogen-bond donors (Lipinski definition) is 3. The molecule has 2 aromatic carbocycles. The summed E-state index contributed by atoms with van der Waals surface area (Å²) in [5.41, 5.74) is -4.63. The van der Waals surface area contributed by atoms with Gasteiger partial charge < -0.3 is 34.5 Å². The van der Waals surface area contributed by atoms with Crippen LogP contribution >= 0.6 is 0 Å². The minimum absolute atomic E-state index is 0.0633. The van der Waals surface area contributed by atoms with Crippen molar-refractivity contribution >= 4 is 44.6 Å². The fourth-order valence-electron chi connectivity index (χ4n) is 7.96. The Bertz CT molecular complexity index is 2150. The molecule has 0 bridgehead atoms. The van der Waals surface area contributed by atoms with Crippen LogP contribution in [-0.2, 0) is 33.9 Å². The average Bonchev–Trinajstić information content (AvgIpc) is 4.04. The molecule has 0 radical (unpaired) electrons. The van der Waals surface area contributed by atoms with Crippen LogP contribution in [0.1, 0.15) is 72.6 Å². The van der Waals surface area contributed by atoms with Crippen molar-refractivity contribution in [1.29, 1.82) is 0 Å². The van der Waals surface area contributed by atoms with Gasteiger partial charge in [0.2, 0.25) is 27.4 Å². The number of ether oxygens (including phenoxy) is 4. The number of nitrogens with one attached hydrogen (secondary N) is 3. The van der Waals surface area contributed by atoms with Crippen LogP contribution in [0.4, 0.5) is 22.4 Å². The Balaban J connectivity index is 1.39. The van der Waals surface area contributed by atoms with Crippen LogP contribution in [0.25, 0.3) is 10.8 Å². The number of nitrogens with zero attached hydrogens (tertiary/aromatic N) is 1. The summed E-state index contributed by atoms with van der Waals surface area (Å²) < 4.78 is 106. The van der Waals surface area contributed by atoms with Gasteiger partial charge in [-0.3, -0.25) is 19.1 Å². The summed E-state index contributed by atoms with van der Waals surface area (Å²) in [6, 6.07) is 4.15. The fraction of sp³-hybridized carbons (Fsp3) is 0.610. The maximum Gasteiger partial charge on any atom is 0.427 e. The van der Waals surface area contributed by atoms with Gasteiger partial charge in [0.05, 0.1) is 25.0 Å². The lowest BCUT2D eigenvalue weighted by molar-refractivity contribution is -0.244. The zero-order valence-corrected chi connectivity index (χ0v) is 35.1. The molecule has 4 aliphatic rings. The molecule has 1 saturated heterocycles. The highest BCUT2D eigenvalue weighted by molar-refractivity contribution is 7.91. The molecule has 0 spiro atoms. The highest BCUT2D eigenvalue weighted by Crippen LogP contribution is 2.48. The zero-order valence-electron chi connectivity index (χ0n) is 34.3. The Morgan fingerprint density at radius 2 is 1.73 bits per heavy atom. The molecule has 2 aliphatic carbocycles. The monoisotopic (exact) mass is 868 g/mol. The zero-order chi connectivity index (χ0) is 44.0. The number of allylic oxidation sites excluding steroid dienone is 1. The predicted octanol–water partition coefficient (Wildman–Crippen LogP) is 5.28. The Labute approximate surface area is 346 Å². The number of amides is 4. The molecule has 0 aromatic heterocycles. The second-order valence-electron chi connectivity index (χ2n) is 17.2. The first kappa shape index (κ1) is 44.9. The number of hydrogen-bond acceptors (Lipinski definition) is 10. The standard InChI is InChI=1S/C41H52F4N4O10S/c1-23-9-7-8-10-25-20-40(25,36(52)48-60(54,55)39(4)15-16-39)47-34(50)30-19-27(58-32-14-13-31(57-6)28-12-11-26(42)18-29(28)32)21-49(30)35(51)33(24(17-23)22-56-5)46-37(53)59-38(2,3)41(43,44)45/h8,10-14,18,23-25,27,30,33H,7,9,15-17,19-22H2,1-6H3,(H,46,53)(H,47,50)(H,48,52)/t23-,24+,25-,27-,30+,33+,40-/m1/s1. The van der Waals surface area contributed by atoms with Gasteiger partial charge >= 0.3 is 12.3 Å². The first-order chi connectivity index (χ1) is 28.0. The molecular formula is C41H52F4N4O10S. The minimum atomic E-state index is -4.96. The molecule has 7 atom stereocenters. The van der Waals surface area contributed by atoms with Gasteiger partial charge in [-0.05, 0) is 95.5 Å². The van der Waals surface area contributed by atoms with Crippen molar-refractivity contribution in [2.24, 2.45) is 17.8 Å². The van der Waals surface area contributed by atoms with E-state index in [0.29, 0.717) is 56.1 Å². The number of benzene rings is 2. The third-order valence-electron chi connectivity index (χ3n) is 12.2. The summed E-state index contributed by atoms with van der Waals surface area (Å²) in [6.45, 7) is 4.33. The summed E-state index contributed by atoms with van der Waals surface area (Å²) in [4.78, 5) is 57.9. The third kappa shape index (κ3) is 9.16. The van der Waals surface area contributed by atoms with E-state index in [1.54, 1.807) is 18.2 Å². The Kier molecular flexibility index (Phi) is 12.5. The van der Waals surface area contributed by atoms with Gasteiger partial charge in [-0.25, -0.2) is 17.6 Å². The van der Waals surface area contributed by atoms with Crippen LogP contribution in [0.15, 0.2) is 42.5 Å². The smallest absolute Gasteiger partial charge is 0.427 e. The average molecular weight is 869 g/mol. The molecule has 60 heavy (non-hydrogen) atoms. The Morgan fingerprint density at radius 1 is 1.03 bits per heavy atom. The lowest BCUT2D eigenvalue weighted by Crippen LogP contribution is -2.60. The molecule has 2 aliphatic heterocycles. The Morgan fingerprint density at radius 3 is 2.38 bits per heavy atom. The quantitative estimate of drug-likeness (QED) is 0.210. The van der Waals surface area contributed by atoms with Crippen LogP contribution in [0.2, 0.25) is 0 Å². The van der Waals surface area contributed by atoms with Crippen LogP contribution in [0.3, 0.4) is 0 Å². The molecule has 330 valence electrons. The second kappa shape index (κ2) is 16.7. The molecule has 3 N–H and O–H groups in total. The normalized spacial score (nSPS) is 28.3. The summed E-state index contributed by atoms with van der Waals surface area (Å²) in [7, 11) is -1.30. The van der Waals surface area contributed by atoms with Crippen molar-refractivity contribution in [3.05, 3.63) is 48.3 Å². The summed E-state index contributed by atoms with van der Waals surface area (Å²) in [5, 5.41) is 5.96. The number of carbonyl (C=O) groups excluding carboxylic acids is 4. The number of methoxy groups -OCH3 is 2. The van der Waals surface area contributed by atoms with E-state index in [2.05, 4.69) is 15.4 Å². The summed E-state index contributed by atoms with van der Waals surface area (Å²) in [6.07, 6.45) is -2.01. The van der Waals surface area contributed by atoms with Gasteiger partial charge in [-0.1, -0.05) is 19.1 Å². The first-order valence-electron chi connectivity index (χ1n) is 19.9. The number of fused-ring (bicyclic) bond motifs is 3. The van der Waals surface area contributed by atoms with Gasteiger partial charge in [0, 0.05) is 36.1 Å². The molecule has 2 aromatic rings. The molecule has 4 amide bonds. The topological polar surface area (TPSA) is 179 Å². The molecule has 0 unspecified atom stereocenters. The summed E-state index contributed by atoms with van der Waals surface area (Å²) in [5.74, 6) is -4.16. The van der Waals surface area contributed by atoms with Crippen molar-refractivity contribution < 1.29 is 64.1 Å². The number of alkyl halides is 3. The largest absolute Gasteiger partial charge is 0.496 e. The van der Waals surface area contributed by atoms with E-state index in [-0.39, 0.29) is 44.1 Å². The summed E-state index contributed by atoms with van der Waals surface area (Å²) >= 11 is 0. The van der Waals surface area contributed by atoms with E-state index in [9.17, 15) is 45.2 Å². The van der Waals surface area contributed by atoms with Crippen molar-refractivity contribution in [2.45, 2.75) is 113 Å². The highest BCUT2D eigenvalue weighted by atomic mass is 32.2. The van der Waals surface area contributed by atoms with Crippen molar-refractivity contribution in [3.8, 4) is 11.5 Å². The lowest BCUT2D eigenvalue weighted by atomic mass is 9.87. The minimum Gasteiger partial charge on any atom is -0.496 e. The van der Waals surface area contributed by atoms with Gasteiger partial charge in [0.15, 0.2) is 0 Å². The number of alkyl carbamates (subject to hydrolysis) is 1. The molecule has 19 heteroatoms. The first-order valence-corrected chi connectivity index (χ1v) is 21.4. The molecule has 6 rings (SSSR count). The van der Waals surface area contributed by atoms with E-state index < -0.39 is 91.7 Å². The number of halogens is 4. The van der Waals surface area contributed by atoms with Crippen LogP contribution in [-0.4, -0.2) is 105 Å². The van der Waals surface area contributed by atoms with E-state index in [0.717, 1.165) is 4.90 Å². The highest BCUT2D eigenvalue weighted by Gasteiger charge is 2.63. The van der Waals surface area contributed by atoms with E-state index in [4.69, 9.17) is 18.9 Å². The van der Waals surface area contributed by atoms with Crippen molar-refractivity contribution in [1.82, 2.24) is 20.3 Å². The van der Waals surface area contributed by atoms with Gasteiger partial charge in [0.1, 0.15) is 41.0 Å². The van der Waals surface area contributed by atoms with E-state index >= 15 is 0 Å². The van der Waals surface area contributed by atoms with Crippen molar-refractivity contribution in [2.75, 3.05) is 27.4 Å². The SMILES string of the molecule is COC[C@@H]1C[C@H](C)CCC=C[C@@H]2C[C@@]2(C(=O)NS(=O)(=O)C2(C)CC2)NC(=O)[C@@H]2C[C@@H](Oc3ccc(OC)c4ccc(F)cc34)CN2C(=O)[C@H]1NC(=O)OC(C)(C)C(F)(F)F. The molecule has 2 saturated carbocycles. The molecule has 2 heterocycles. The van der Waals surface area contributed by atoms with Crippen molar-refractivity contribution in [3.63, 3.8) is 0 Å². The van der Waals surface area contributed by atoms with E-state index in [1.807, 2.05) is 13.0 Å². The maximum atomic E-state index is 15.0. The lowest BCUT2D eigenvalue weighted by Gasteiger charge is -2.35. The third-order valence-corrected chi connectivity index (χ3v) is 14.3. The van der Waals surface area contributed by atoms with Crippen LogP contribution < -0.4 is 24.8 Å². The van der Waals surface area contributed by atoms with Crippen LogP contribution in [0, 0.1) is 23.6 Å². The molecular weight excluding hydrogens is 817 g/mol. The number of sulfonamides is 1. The van der Waals surface area contributed by atoms with Gasteiger partial charge in [-0.15, -0.1) is 0 Å². The second-order valence-corrected chi connectivity index (χ2v) is 19.4. The maximum absolute atomic E-state index is 15.0. The number of rotatable bonds is 10. The molecule has 3 fully saturated rings.